The molecule has 0 saturated heterocycles. The van der Waals surface area contributed by atoms with Crippen molar-refractivity contribution in [2.75, 3.05) is 102 Å². The molecule has 0 spiro atoms. The summed E-state index contributed by atoms with van der Waals surface area (Å²) in [7, 11) is 16.8. The molecule has 0 aliphatic rings. The van der Waals surface area contributed by atoms with Crippen LogP contribution in [0.3, 0.4) is 0 Å². The summed E-state index contributed by atoms with van der Waals surface area (Å²) in [6, 6.07) is 0. The predicted molar refractivity (Wildman–Crippen MR) is 256 cm³/mol. The second-order valence-electron chi connectivity index (χ2n) is 20.3. The first-order valence-electron chi connectivity index (χ1n) is 25.4. The van der Waals surface area contributed by atoms with Gasteiger partial charge >= 0.3 is 0 Å². The van der Waals surface area contributed by atoms with Crippen LogP contribution in [0.15, 0.2) is 24.3 Å². The first-order chi connectivity index (χ1) is 27.0. The molecule has 4 heteroatoms. The van der Waals surface area contributed by atoms with Crippen molar-refractivity contribution >= 4 is 0 Å². The maximum atomic E-state index is 2.62. The van der Waals surface area contributed by atoms with Crippen LogP contribution in [0.5, 0.6) is 0 Å². The van der Waals surface area contributed by atoms with Crippen molar-refractivity contribution in [3.8, 4) is 0 Å². The van der Waals surface area contributed by atoms with Gasteiger partial charge in [0.05, 0.1) is 68.0 Å². The Morgan fingerprint density at radius 3 is 0.911 bits per heavy atom. The van der Waals surface area contributed by atoms with Crippen molar-refractivity contribution in [1.29, 1.82) is 0 Å². The lowest BCUT2D eigenvalue weighted by atomic mass is 10.1. The van der Waals surface area contributed by atoms with Crippen LogP contribution in [-0.2, 0) is 0 Å². The van der Waals surface area contributed by atoms with Crippen LogP contribution in [0.1, 0.15) is 213 Å². The molecule has 0 bridgehead atoms. The van der Waals surface area contributed by atoms with E-state index < -0.39 is 0 Å². The molecule has 0 amide bonds. The summed E-state index contributed by atoms with van der Waals surface area (Å²) in [6.45, 7) is 15.2. The number of hydrogen-bond acceptors (Lipinski definition) is 1. The largest absolute Gasteiger partial charge is 0.331 e. The summed E-state index contributed by atoms with van der Waals surface area (Å²) in [5.74, 6) is 0. The molecule has 0 aliphatic heterocycles. The Balaban J connectivity index is 4.69. The number of likely N-dealkylation sites (N-methyl/N-ethyl adjacent to an activating group) is 2. The van der Waals surface area contributed by atoms with E-state index in [0.29, 0.717) is 0 Å². The van der Waals surface area contributed by atoms with Gasteiger partial charge < -0.3 is 18.3 Å². The summed E-state index contributed by atoms with van der Waals surface area (Å²) in [5, 5.41) is 0. The van der Waals surface area contributed by atoms with E-state index in [1.165, 1.54) is 260 Å². The molecule has 0 N–H and O–H groups in total. The zero-order chi connectivity index (χ0) is 41.5. The standard InChI is InChI=1S/C52H109N4/c1-10-12-14-16-18-20-22-24-26-28-30-32-34-36-38-41-47-55(8,49-43-40-45-53(3)4)51-52-56(9,50-44-46-54(5,6)7)48-42-39-37-35-33-31-29-27-25-23-21-19-17-15-13-11-2/h24-27H,10-23,28-52H2,1-9H3/q+3/b26-24+,27-25+. The highest BCUT2D eigenvalue weighted by Crippen LogP contribution is 2.18. The van der Waals surface area contributed by atoms with Gasteiger partial charge in [-0.05, 0) is 111 Å². The quantitative estimate of drug-likeness (QED) is 0.0338. The third-order valence-electron chi connectivity index (χ3n) is 12.7. The Labute approximate surface area is 356 Å². The fourth-order valence-electron chi connectivity index (χ4n) is 8.48. The topological polar surface area (TPSA) is 3.24 Å². The van der Waals surface area contributed by atoms with Gasteiger partial charge in [0.2, 0.25) is 0 Å². The zero-order valence-electron chi connectivity index (χ0n) is 40.7. The van der Waals surface area contributed by atoms with E-state index in [-0.39, 0.29) is 0 Å². The Hall–Kier alpha value is -0.680. The van der Waals surface area contributed by atoms with Crippen molar-refractivity contribution < 1.29 is 13.4 Å². The van der Waals surface area contributed by atoms with Crippen molar-refractivity contribution in [3.63, 3.8) is 0 Å². The van der Waals surface area contributed by atoms with E-state index in [4.69, 9.17) is 0 Å². The lowest BCUT2D eigenvalue weighted by Gasteiger charge is -2.41. The summed E-state index contributed by atoms with van der Waals surface area (Å²) in [4.78, 5) is 2.37. The van der Waals surface area contributed by atoms with E-state index in [0.717, 1.165) is 4.48 Å². The molecular formula is C52H109N4+3. The van der Waals surface area contributed by atoms with Crippen molar-refractivity contribution in [2.24, 2.45) is 0 Å². The van der Waals surface area contributed by atoms with Gasteiger partial charge in [-0.15, -0.1) is 0 Å². The lowest BCUT2D eigenvalue weighted by Crippen LogP contribution is -2.56. The molecule has 0 radical (unpaired) electrons. The average Bonchev–Trinajstić information content (AvgIpc) is 3.15. The molecule has 56 heavy (non-hydrogen) atoms. The van der Waals surface area contributed by atoms with Crippen LogP contribution in [0.2, 0.25) is 0 Å². The first-order valence-corrected chi connectivity index (χ1v) is 25.4. The summed E-state index contributed by atoms with van der Waals surface area (Å²) >= 11 is 0. The molecule has 0 aromatic rings. The highest BCUT2D eigenvalue weighted by atomic mass is 15.4. The predicted octanol–water partition coefficient (Wildman–Crippen LogP) is 14.4. The molecular weight excluding hydrogens is 681 g/mol. The summed E-state index contributed by atoms with van der Waals surface area (Å²) in [5.41, 5.74) is 0. The van der Waals surface area contributed by atoms with Gasteiger partial charge in [0.15, 0.2) is 0 Å². The summed E-state index contributed by atoms with van der Waals surface area (Å²) in [6.07, 6.45) is 52.9. The zero-order valence-corrected chi connectivity index (χ0v) is 40.7. The molecule has 2 atom stereocenters. The fraction of sp³-hybridized carbons (Fsp3) is 0.923. The minimum Gasteiger partial charge on any atom is -0.331 e. The van der Waals surface area contributed by atoms with Gasteiger partial charge in [-0.25, -0.2) is 0 Å². The first kappa shape index (κ1) is 55.3. The monoisotopic (exact) mass is 790 g/mol. The van der Waals surface area contributed by atoms with Crippen molar-refractivity contribution in [3.05, 3.63) is 24.3 Å². The number of quaternary nitrogens is 3. The Morgan fingerprint density at radius 2 is 0.589 bits per heavy atom. The van der Waals surface area contributed by atoms with Crippen LogP contribution in [-0.4, -0.2) is 120 Å². The number of hydrogen-bond donors (Lipinski definition) is 0. The smallest absolute Gasteiger partial charge is 0.128 e. The highest BCUT2D eigenvalue weighted by Gasteiger charge is 2.29. The van der Waals surface area contributed by atoms with E-state index in [1.807, 2.05) is 0 Å². The van der Waals surface area contributed by atoms with Gasteiger partial charge in [-0.1, -0.05) is 141 Å². The van der Waals surface area contributed by atoms with E-state index in [1.54, 1.807) is 0 Å². The molecule has 0 saturated carbocycles. The maximum Gasteiger partial charge on any atom is 0.128 e. The van der Waals surface area contributed by atoms with E-state index >= 15 is 0 Å². The van der Waals surface area contributed by atoms with Gasteiger partial charge in [0.25, 0.3) is 0 Å². The van der Waals surface area contributed by atoms with Crippen LogP contribution in [0.4, 0.5) is 0 Å². The Kier molecular flexibility index (Phi) is 38.0. The molecule has 0 aromatic carbocycles. The number of unbranched alkanes of at least 4 members (excludes halogenated alkanes) is 25. The van der Waals surface area contributed by atoms with Gasteiger partial charge in [-0.3, -0.25) is 0 Å². The van der Waals surface area contributed by atoms with Gasteiger partial charge in [0.1, 0.15) is 13.1 Å². The summed E-state index contributed by atoms with van der Waals surface area (Å²) < 4.78 is 3.65. The Bertz CT molecular complexity index is 859. The molecule has 2 unspecified atom stereocenters. The number of rotatable bonds is 44. The maximum absolute atomic E-state index is 2.62. The molecule has 0 aromatic heterocycles. The van der Waals surface area contributed by atoms with E-state index in [2.05, 4.69) is 92.4 Å². The SMILES string of the molecule is CCCCCCCC/C=C/CCCCCCCC[N+](C)(CCCCN(C)C)CC[N+](C)(CCCCCCCC/C=C/CCCCCCCC)CCC[N+](C)(C)C. The third-order valence-corrected chi connectivity index (χ3v) is 12.7. The second kappa shape index (κ2) is 38.5. The van der Waals surface area contributed by atoms with Crippen LogP contribution in [0, 0.1) is 0 Å². The molecule has 0 rings (SSSR count). The Morgan fingerprint density at radius 1 is 0.304 bits per heavy atom. The molecule has 0 heterocycles. The number of nitrogens with zero attached hydrogens (tertiary/aromatic N) is 4. The fourth-order valence-corrected chi connectivity index (χ4v) is 8.48. The normalized spacial score (nSPS) is 14.8. The van der Waals surface area contributed by atoms with Crippen LogP contribution >= 0.6 is 0 Å². The van der Waals surface area contributed by atoms with Crippen LogP contribution in [0.25, 0.3) is 0 Å². The highest BCUT2D eigenvalue weighted by molar-refractivity contribution is 4.82. The lowest BCUT2D eigenvalue weighted by molar-refractivity contribution is -0.965. The molecule has 0 aliphatic carbocycles. The van der Waals surface area contributed by atoms with E-state index in [9.17, 15) is 0 Å². The minimum absolute atomic E-state index is 1.09. The minimum atomic E-state index is 1.09. The second-order valence-corrected chi connectivity index (χ2v) is 20.3. The molecule has 0 fully saturated rings. The van der Waals surface area contributed by atoms with Crippen molar-refractivity contribution in [1.82, 2.24) is 4.90 Å². The van der Waals surface area contributed by atoms with Crippen molar-refractivity contribution in [2.45, 2.75) is 213 Å². The average molecular weight is 790 g/mol. The number of allylic oxidation sites excluding steroid dienone is 4. The molecule has 4 nitrogen and oxygen atoms in total. The molecule has 334 valence electrons. The van der Waals surface area contributed by atoms with Gasteiger partial charge in [-0.2, -0.15) is 0 Å². The van der Waals surface area contributed by atoms with Gasteiger partial charge in [0, 0.05) is 6.42 Å². The van der Waals surface area contributed by atoms with Crippen LogP contribution < -0.4 is 0 Å². The third kappa shape index (κ3) is 40.1.